The van der Waals surface area contributed by atoms with Gasteiger partial charge in [0, 0.05) is 12.1 Å². The van der Waals surface area contributed by atoms with Crippen LogP contribution in [0.4, 0.5) is 0 Å². The summed E-state index contributed by atoms with van der Waals surface area (Å²) in [5.74, 6) is 0.217. The number of nitrogens with zero attached hydrogens (tertiary/aromatic N) is 2. The maximum atomic E-state index is 12.3. The van der Waals surface area contributed by atoms with E-state index in [2.05, 4.69) is 33.6 Å². The normalized spacial score (nSPS) is 18.5. The molecule has 2 aliphatic rings. The Morgan fingerprint density at radius 2 is 1.93 bits per heavy atom. The van der Waals surface area contributed by atoms with Gasteiger partial charge in [-0.1, -0.05) is 36.4 Å². The molecule has 0 spiro atoms. The first kappa shape index (κ1) is 18.3. The van der Waals surface area contributed by atoms with Crippen LogP contribution >= 0.6 is 0 Å². The van der Waals surface area contributed by atoms with Gasteiger partial charge in [-0.2, -0.15) is 0 Å². The lowest BCUT2D eigenvalue weighted by Gasteiger charge is -2.28. The Morgan fingerprint density at radius 3 is 2.57 bits per heavy atom. The van der Waals surface area contributed by atoms with E-state index >= 15 is 0 Å². The molecule has 0 aromatic heterocycles. The predicted octanol–water partition coefficient (Wildman–Crippen LogP) is 3.68. The summed E-state index contributed by atoms with van der Waals surface area (Å²) in [7, 11) is 3.04. The number of hydrogen-bond acceptors (Lipinski definition) is 6. The van der Waals surface area contributed by atoms with Crippen LogP contribution in [0.15, 0.2) is 47.6 Å². The quantitative estimate of drug-likeness (QED) is 0.803. The maximum Gasteiger partial charge on any atom is 0.338 e. The lowest BCUT2D eigenvalue weighted by Crippen LogP contribution is -2.34. The van der Waals surface area contributed by atoms with E-state index < -0.39 is 0 Å². The highest BCUT2D eigenvalue weighted by atomic mass is 16.5. The van der Waals surface area contributed by atoms with E-state index in [0.29, 0.717) is 24.0 Å². The lowest BCUT2D eigenvalue weighted by molar-refractivity contribution is 0.0599. The zero-order valence-electron chi connectivity index (χ0n) is 16.4. The second kappa shape index (κ2) is 7.54. The fourth-order valence-corrected chi connectivity index (χ4v) is 3.76. The zero-order chi connectivity index (χ0) is 19.7. The van der Waals surface area contributed by atoms with Gasteiger partial charge in [0.25, 0.3) is 0 Å². The summed E-state index contributed by atoms with van der Waals surface area (Å²) in [6, 6.07) is 14.8. The molecular weight excluding hydrogens is 354 g/mol. The minimum absolute atomic E-state index is 0.199. The zero-order valence-corrected chi connectivity index (χ0v) is 16.4. The van der Waals surface area contributed by atoms with Crippen molar-refractivity contribution in [3.8, 4) is 0 Å². The van der Waals surface area contributed by atoms with E-state index in [1.54, 1.807) is 7.11 Å². The summed E-state index contributed by atoms with van der Waals surface area (Å²) in [5, 5.41) is 4.38. The first-order valence-electron chi connectivity index (χ1n) is 9.53. The van der Waals surface area contributed by atoms with E-state index in [9.17, 15) is 4.79 Å². The largest absolute Gasteiger partial charge is 0.467 e. The molecule has 28 heavy (non-hydrogen) atoms. The minimum atomic E-state index is -0.318. The molecule has 0 saturated heterocycles. The molecule has 0 radical (unpaired) electrons. The van der Waals surface area contributed by atoms with Crippen molar-refractivity contribution in [3.05, 3.63) is 70.3 Å². The molecule has 0 amide bonds. The number of nitrogens with one attached hydrogen (secondary N) is 1. The molecule has 1 saturated carbocycles. The lowest BCUT2D eigenvalue weighted by atomic mass is 9.94. The number of hydrogen-bond donors (Lipinski definition) is 1. The standard InChI is InChI=1S/C22H25N3O3/c1-14-11-18(16-9-10-16)19(12-17(14)21(26)27-2)20-23-24-22(28-3)25(20)13-15-7-5-4-6-8-15/h4-8,11-12,16,20,23H,9-10,13H2,1-3H3. The number of carbonyl (C=O) groups is 1. The van der Waals surface area contributed by atoms with Crippen molar-refractivity contribution < 1.29 is 14.3 Å². The molecule has 1 atom stereocenters. The van der Waals surface area contributed by atoms with Crippen molar-refractivity contribution in [1.82, 2.24) is 10.3 Å². The fraction of sp³-hybridized carbons (Fsp3) is 0.364. The van der Waals surface area contributed by atoms with Gasteiger partial charge < -0.3 is 9.47 Å². The summed E-state index contributed by atoms with van der Waals surface area (Å²) in [5.41, 5.74) is 8.23. The molecule has 1 heterocycles. The Hall–Kier alpha value is -3.02. The molecule has 146 valence electrons. The van der Waals surface area contributed by atoms with Gasteiger partial charge in [0.05, 0.1) is 19.8 Å². The molecule has 1 N–H and O–H groups in total. The second-order valence-corrected chi connectivity index (χ2v) is 7.31. The number of hydrazone groups is 1. The monoisotopic (exact) mass is 379 g/mol. The van der Waals surface area contributed by atoms with Crippen molar-refractivity contribution in [2.45, 2.75) is 38.4 Å². The topological polar surface area (TPSA) is 63.2 Å². The van der Waals surface area contributed by atoms with Crippen LogP contribution in [0.2, 0.25) is 0 Å². The van der Waals surface area contributed by atoms with Crippen LogP contribution in [0.25, 0.3) is 0 Å². The Balaban J connectivity index is 1.74. The van der Waals surface area contributed by atoms with Gasteiger partial charge in [-0.25, -0.2) is 4.79 Å². The fourth-order valence-electron chi connectivity index (χ4n) is 3.76. The number of amidine groups is 1. The molecule has 4 rings (SSSR count). The summed E-state index contributed by atoms with van der Waals surface area (Å²) >= 11 is 0. The third-order valence-electron chi connectivity index (χ3n) is 5.37. The van der Waals surface area contributed by atoms with Crippen LogP contribution in [-0.4, -0.2) is 31.1 Å². The number of rotatable bonds is 5. The Kier molecular flexibility index (Phi) is 4.94. The van der Waals surface area contributed by atoms with Crippen molar-refractivity contribution in [3.63, 3.8) is 0 Å². The predicted molar refractivity (Wildman–Crippen MR) is 107 cm³/mol. The molecule has 1 unspecified atom stereocenters. The average molecular weight is 379 g/mol. The first-order chi connectivity index (χ1) is 13.6. The van der Waals surface area contributed by atoms with Crippen LogP contribution < -0.4 is 5.43 Å². The SMILES string of the molecule is COC(=O)c1cc(C2NN=C(OC)N2Cc2ccccc2)c(C2CC2)cc1C. The van der Waals surface area contributed by atoms with Crippen LogP contribution in [-0.2, 0) is 16.0 Å². The van der Waals surface area contributed by atoms with Crippen LogP contribution in [0.5, 0.6) is 0 Å². The van der Waals surface area contributed by atoms with Crippen molar-refractivity contribution >= 4 is 12.0 Å². The van der Waals surface area contributed by atoms with Crippen molar-refractivity contribution in [1.29, 1.82) is 0 Å². The van der Waals surface area contributed by atoms with E-state index in [1.807, 2.05) is 31.2 Å². The molecule has 1 aliphatic heterocycles. The third kappa shape index (κ3) is 3.42. The van der Waals surface area contributed by atoms with E-state index in [4.69, 9.17) is 9.47 Å². The number of ether oxygens (including phenoxy) is 2. The van der Waals surface area contributed by atoms with E-state index in [0.717, 1.165) is 16.7 Å². The molecule has 0 bridgehead atoms. The molecule has 2 aromatic carbocycles. The summed E-state index contributed by atoms with van der Waals surface area (Å²) in [6.07, 6.45) is 2.15. The van der Waals surface area contributed by atoms with Crippen LogP contribution in [0, 0.1) is 6.92 Å². The van der Waals surface area contributed by atoms with Gasteiger partial charge >= 0.3 is 12.0 Å². The summed E-state index contributed by atoms with van der Waals surface area (Å²) < 4.78 is 10.5. The highest BCUT2D eigenvalue weighted by Gasteiger charge is 2.36. The third-order valence-corrected chi connectivity index (χ3v) is 5.37. The number of carbonyl (C=O) groups excluding carboxylic acids is 1. The maximum absolute atomic E-state index is 12.3. The molecular formula is C22H25N3O3. The Bertz CT molecular complexity index is 907. The highest BCUT2D eigenvalue weighted by Crippen LogP contribution is 2.45. The van der Waals surface area contributed by atoms with Crippen LogP contribution in [0.1, 0.15) is 57.5 Å². The van der Waals surface area contributed by atoms with Gasteiger partial charge in [0.15, 0.2) is 0 Å². The van der Waals surface area contributed by atoms with Crippen molar-refractivity contribution in [2.75, 3.05) is 14.2 Å². The molecule has 1 fully saturated rings. The molecule has 1 aliphatic carbocycles. The Labute approximate surface area is 165 Å². The number of methoxy groups -OCH3 is 2. The number of benzene rings is 2. The molecule has 6 heteroatoms. The van der Waals surface area contributed by atoms with Gasteiger partial charge in [0.1, 0.15) is 6.17 Å². The van der Waals surface area contributed by atoms with Gasteiger partial charge in [-0.3, -0.25) is 10.3 Å². The van der Waals surface area contributed by atoms with Gasteiger partial charge in [0.2, 0.25) is 0 Å². The molecule has 6 nitrogen and oxygen atoms in total. The van der Waals surface area contributed by atoms with E-state index in [1.165, 1.54) is 25.5 Å². The first-order valence-corrected chi connectivity index (χ1v) is 9.53. The smallest absolute Gasteiger partial charge is 0.338 e. The highest BCUT2D eigenvalue weighted by molar-refractivity contribution is 5.91. The number of esters is 1. The van der Waals surface area contributed by atoms with Gasteiger partial charge in [-0.15, -0.1) is 5.10 Å². The second-order valence-electron chi connectivity index (χ2n) is 7.31. The van der Waals surface area contributed by atoms with Gasteiger partial charge in [-0.05, 0) is 48.4 Å². The van der Waals surface area contributed by atoms with E-state index in [-0.39, 0.29) is 12.1 Å². The molecule has 2 aromatic rings. The minimum Gasteiger partial charge on any atom is -0.467 e. The average Bonchev–Trinajstić information content (AvgIpc) is 3.49. The summed E-state index contributed by atoms with van der Waals surface area (Å²) in [4.78, 5) is 14.4. The van der Waals surface area contributed by atoms with Crippen molar-refractivity contribution in [2.24, 2.45) is 5.10 Å². The summed E-state index contributed by atoms with van der Waals surface area (Å²) in [6.45, 7) is 2.61. The Morgan fingerprint density at radius 1 is 1.18 bits per heavy atom. The number of aryl methyl sites for hydroxylation is 1. The van der Waals surface area contributed by atoms with Crippen LogP contribution in [0.3, 0.4) is 0 Å².